The number of allylic oxidation sites excluding steroid dienone is 1. The van der Waals surface area contributed by atoms with Crippen LogP contribution < -0.4 is 15.2 Å². The minimum absolute atomic E-state index is 0.0176. The van der Waals surface area contributed by atoms with Gasteiger partial charge in [0.25, 0.3) is 0 Å². The molecule has 0 aromatic heterocycles. The lowest BCUT2D eigenvalue weighted by atomic mass is 9.83. The van der Waals surface area contributed by atoms with Crippen molar-refractivity contribution >= 4 is 35.2 Å². The van der Waals surface area contributed by atoms with Gasteiger partial charge in [-0.1, -0.05) is 59.6 Å². The van der Waals surface area contributed by atoms with Crippen LogP contribution in [0.5, 0.6) is 11.5 Å². The summed E-state index contributed by atoms with van der Waals surface area (Å²) in [6.07, 6.45) is 2.94. The van der Waals surface area contributed by atoms with Crippen molar-refractivity contribution in [2.75, 3.05) is 0 Å². The Labute approximate surface area is 194 Å². The molecule has 0 spiro atoms. The highest BCUT2D eigenvalue weighted by molar-refractivity contribution is 6.31. The molecule has 32 heavy (non-hydrogen) atoms. The van der Waals surface area contributed by atoms with Crippen LogP contribution >= 0.6 is 23.2 Å². The average Bonchev–Trinajstić information content (AvgIpc) is 2.78. The van der Waals surface area contributed by atoms with E-state index in [1.165, 1.54) is 6.08 Å². The number of fused-ring (bicyclic) bond motifs is 1. The van der Waals surface area contributed by atoms with E-state index in [-0.39, 0.29) is 17.2 Å². The molecule has 5 nitrogen and oxygen atoms in total. The Morgan fingerprint density at radius 2 is 1.81 bits per heavy atom. The van der Waals surface area contributed by atoms with Crippen molar-refractivity contribution in [1.82, 2.24) is 0 Å². The summed E-state index contributed by atoms with van der Waals surface area (Å²) in [5.74, 6) is -0.401. The van der Waals surface area contributed by atoms with Crippen LogP contribution in [-0.2, 0) is 4.79 Å². The van der Waals surface area contributed by atoms with Crippen molar-refractivity contribution in [3.63, 3.8) is 0 Å². The quantitative estimate of drug-likeness (QED) is 0.299. The highest BCUT2D eigenvalue weighted by Crippen LogP contribution is 2.45. The molecule has 0 saturated heterocycles. The maximum atomic E-state index is 12.2. The number of nitrogens with two attached hydrogens (primary N) is 1. The van der Waals surface area contributed by atoms with Gasteiger partial charge in [-0.2, -0.15) is 5.26 Å². The summed E-state index contributed by atoms with van der Waals surface area (Å²) in [4.78, 5) is 12.2. The lowest BCUT2D eigenvalue weighted by Crippen LogP contribution is -2.21. The molecule has 1 atom stereocenters. The van der Waals surface area contributed by atoms with Crippen LogP contribution in [-0.4, -0.2) is 5.97 Å². The van der Waals surface area contributed by atoms with Crippen molar-refractivity contribution in [1.29, 1.82) is 5.26 Å². The Hall–Kier alpha value is -3.72. The first-order chi connectivity index (χ1) is 15.5. The van der Waals surface area contributed by atoms with Gasteiger partial charge in [-0.25, -0.2) is 4.79 Å². The summed E-state index contributed by atoms with van der Waals surface area (Å²) in [6, 6.07) is 21.3. The van der Waals surface area contributed by atoms with E-state index in [0.717, 1.165) is 11.1 Å². The number of halogens is 2. The van der Waals surface area contributed by atoms with E-state index in [0.29, 0.717) is 21.4 Å². The molecule has 0 fully saturated rings. The molecule has 7 heteroatoms. The zero-order valence-corrected chi connectivity index (χ0v) is 18.1. The smallest absolute Gasteiger partial charge is 0.336 e. The molecule has 0 radical (unpaired) electrons. The molecule has 1 unspecified atom stereocenters. The van der Waals surface area contributed by atoms with Gasteiger partial charge in [0.05, 0.1) is 5.92 Å². The van der Waals surface area contributed by atoms with Crippen molar-refractivity contribution in [2.45, 2.75) is 5.92 Å². The van der Waals surface area contributed by atoms with Gasteiger partial charge in [-0.05, 0) is 41.5 Å². The van der Waals surface area contributed by atoms with E-state index in [2.05, 4.69) is 6.07 Å². The van der Waals surface area contributed by atoms with Crippen LogP contribution in [0, 0.1) is 11.3 Å². The Kier molecular flexibility index (Phi) is 6.18. The highest BCUT2D eigenvalue weighted by atomic mass is 35.5. The molecule has 1 heterocycles. The van der Waals surface area contributed by atoms with Crippen molar-refractivity contribution < 1.29 is 14.3 Å². The first kappa shape index (κ1) is 21.5. The number of rotatable bonds is 4. The number of benzene rings is 3. The summed E-state index contributed by atoms with van der Waals surface area (Å²) >= 11 is 12.3. The van der Waals surface area contributed by atoms with E-state index in [1.54, 1.807) is 54.6 Å². The van der Waals surface area contributed by atoms with Gasteiger partial charge in [0.1, 0.15) is 23.1 Å². The third-order valence-corrected chi connectivity index (χ3v) is 5.50. The first-order valence-corrected chi connectivity index (χ1v) is 10.3. The van der Waals surface area contributed by atoms with E-state index in [4.69, 9.17) is 38.4 Å². The SMILES string of the molecule is N#CC1=C(N)Oc2cc(OC(=O)/C=C/c3ccc(Cl)cc3)ccc2C1c1ccccc1Cl. The van der Waals surface area contributed by atoms with Gasteiger partial charge in [-0.3, -0.25) is 0 Å². The summed E-state index contributed by atoms with van der Waals surface area (Å²) in [7, 11) is 0. The highest BCUT2D eigenvalue weighted by Gasteiger charge is 2.32. The minimum atomic E-state index is -0.556. The molecule has 3 aromatic carbocycles. The van der Waals surface area contributed by atoms with Crippen LogP contribution in [0.25, 0.3) is 6.08 Å². The lowest BCUT2D eigenvalue weighted by Gasteiger charge is -2.27. The number of carbonyl (C=O) groups excluding carboxylic acids is 1. The molecule has 0 aliphatic carbocycles. The molecular weight excluding hydrogens is 447 g/mol. The predicted octanol–water partition coefficient (Wildman–Crippen LogP) is 5.83. The zero-order valence-electron chi connectivity index (χ0n) is 16.6. The van der Waals surface area contributed by atoms with Crippen LogP contribution in [0.15, 0.2) is 84.3 Å². The second-order valence-corrected chi connectivity index (χ2v) is 7.80. The molecule has 3 aromatic rings. The van der Waals surface area contributed by atoms with Gasteiger partial charge in [0.2, 0.25) is 5.88 Å². The van der Waals surface area contributed by atoms with E-state index in [9.17, 15) is 10.1 Å². The van der Waals surface area contributed by atoms with Crippen molar-refractivity contribution in [2.24, 2.45) is 5.73 Å². The normalized spacial score (nSPS) is 15.1. The van der Waals surface area contributed by atoms with E-state index >= 15 is 0 Å². The maximum Gasteiger partial charge on any atom is 0.336 e. The van der Waals surface area contributed by atoms with Gasteiger partial charge < -0.3 is 15.2 Å². The summed E-state index contributed by atoms with van der Waals surface area (Å²) < 4.78 is 11.1. The van der Waals surface area contributed by atoms with Gasteiger partial charge >= 0.3 is 5.97 Å². The fourth-order valence-corrected chi connectivity index (χ4v) is 3.79. The average molecular weight is 463 g/mol. The van der Waals surface area contributed by atoms with E-state index < -0.39 is 11.9 Å². The van der Waals surface area contributed by atoms with Crippen LogP contribution in [0.3, 0.4) is 0 Å². The van der Waals surface area contributed by atoms with Crippen LogP contribution in [0.2, 0.25) is 10.0 Å². The molecule has 2 N–H and O–H groups in total. The van der Waals surface area contributed by atoms with E-state index in [1.807, 2.05) is 18.2 Å². The number of hydrogen-bond acceptors (Lipinski definition) is 5. The molecule has 0 bridgehead atoms. The number of ether oxygens (including phenoxy) is 2. The predicted molar refractivity (Wildman–Crippen MR) is 123 cm³/mol. The minimum Gasteiger partial charge on any atom is -0.440 e. The van der Waals surface area contributed by atoms with Crippen LogP contribution in [0.4, 0.5) is 0 Å². The number of esters is 1. The maximum absolute atomic E-state index is 12.2. The van der Waals surface area contributed by atoms with Crippen molar-refractivity contribution in [3.05, 3.63) is 111 Å². The number of carbonyl (C=O) groups is 1. The Balaban J connectivity index is 1.60. The zero-order chi connectivity index (χ0) is 22.7. The molecule has 1 aliphatic rings. The summed E-state index contributed by atoms with van der Waals surface area (Å²) in [5.41, 5.74) is 8.52. The largest absolute Gasteiger partial charge is 0.440 e. The molecule has 1 aliphatic heterocycles. The van der Waals surface area contributed by atoms with Gasteiger partial charge in [0.15, 0.2) is 0 Å². The molecule has 4 rings (SSSR count). The third kappa shape index (κ3) is 4.47. The topological polar surface area (TPSA) is 85.3 Å². The van der Waals surface area contributed by atoms with Crippen molar-refractivity contribution in [3.8, 4) is 17.6 Å². The van der Waals surface area contributed by atoms with Gasteiger partial charge in [0, 0.05) is 27.8 Å². The first-order valence-electron chi connectivity index (χ1n) is 9.57. The van der Waals surface area contributed by atoms with Gasteiger partial charge in [-0.15, -0.1) is 0 Å². The number of nitriles is 1. The Morgan fingerprint density at radius 1 is 1.06 bits per heavy atom. The Morgan fingerprint density at radius 3 is 2.53 bits per heavy atom. The molecule has 0 saturated carbocycles. The second-order valence-electron chi connectivity index (χ2n) is 6.95. The molecule has 0 amide bonds. The monoisotopic (exact) mass is 462 g/mol. The molecular formula is C25H16Cl2N2O3. The summed E-state index contributed by atoms with van der Waals surface area (Å²) in [5, 5.41) is 10.8. The lowest BCUT2D eigenvalue weighted by molar-refractivity contribution is -0.128. The second kappa shape index (κ2) is 9.19. The number of nitrogens with zero attached hydrogens (tertiary/aromatic N) is 1. The third-order valence-electron chi connectivity index (χ3n) is 4.91. The standard InChI is InChI=1S/C25H16Cl2N2O3/c26-16-8-5-15(6-9-16)7-12-23(30)31-17-10-11-19-22(13-17)32-25(29)20(14-28)24(19)18-3-1-2-4-21(18)27/h1-13,24H,29H2/b12-7+. The fourth-order valence-electron chi connectivity index (χ4n) is 3.42. The Bertz CT molecular complexity index is 1290. The van der Waals surface area contributed by atoms with Crippen LogP contribution in [0.1, 0.15) is 22.6 Å². The molecule has 158 valence electrons. The number of hydrogen-bond donors (Lipinski definition) is 1. The fraction of sp³-hybridized carbons (Fsp3) is 0.0400. The summed E-state index contributed by atoms with van der Waals surface area (Å²) in [6.45, 7) is 0.